The van der Waals surface area contributed by atoms with Gasteiger partial charge in [0.2, 0.25) is 5.52 Å². The molecular formula is C18H25N5O3. The summed E-state index contributed by atoms with van der Waals surface area (Å²) in [5.74, 6) is 1.11. The van der Waals surface area contributed by atoms with Crippen LogP contribution in [-0.4, -0.2) is 41.4 Å². The fraction of sp³-hybridized carbons (Fsp3) is 0.667. The average Bonchev–Trinajstić information content (AvgIpc) is 3.09. The Kier molecular flexibility index (Phi) is 4.42. The van der Waals surface area contributed by atoms with Gasteiger partial charge in [0.1, 0.15) is 5.69 Å². The predicted octanol–water partition coefficient (Wildman–Crippen LogP) is 3.60. The fourth-order valence-corrected chi connectivity index (χ4v) is 4.38. The van der Waals surface area contributed by atoms with Gasteiger partial charge in [-0.1, -0.05) is 13.8 Å². The van der Waals surface area contributed by atoms with Crippen LogP contribution in [0, 0.1) is 22.0 Å². The topological polar surface area (TPSA) is 88.5 Å². The molecule has 0 radical (unpaired) electrons. The minimum Gasteiger partial charge on any atom is -0.369 e. The molecule has 2 aliphatic rings. The number of benzene rings is 1. The lowest BCUT2D eigenvalue weighted by Crippen LogP contribution is -2.36. The Morgan fingerprint density at radius 1 is 1.04 bits per heavy atom. The van der Waals surface area contributed by atoms with Crippen molar-refractivity contribution in [2.24, 2.45) is 11.8 Å². The molecule has 0 spiro atoms. The van der Waals surface area contributed by atoms with E-state index in [2.05, 4.69) is 34.0 Å². The summed E-state index contributed by atoms with van der Waals surface area (Å²) >= 11 is 0. The second-order valence-electron chi connectivity index (χ2n) is 7.87. The van der Waals surface area contributed by atoms with Crippen molar-refractivity contribution in [2.75, 3.05) is 36.0 Å². The number of piperidine rings is 2. The molecule has 2 atom stereocenters. The largest absolute Gasteiger partial charge is 0.369 e. The maximum Gasteiger partial charge on any atom is 0.323 e. The summed E-state index contributed by atoms with van der Waals surface area (Å²) in [6.07, 6.45) is 4.53. The first-order valence-corrected chi connectivity index (χ1v) is 9.48. The van der Waals surface area contributed by atoms with E-state index in [4.69, 9.17) is 4.63 Å². The first-order chi connectivity index (χ1) is 12.5. The van der Waals surface area contributed by atoms with E-state index in [1.54, 1.807) is 0 Å². The SMILES string of the molecule is CC1CCCN(c2cc(N3CCCC(C)C3)c3nonc3c2[N+](=O)[O-])C1. The van der Waals surface area contributed by atoms with E-state index in [0.29, 0.717) is 23.0 Å². The van der Waals surface area contributed by atoms with Gasteiger partial charge in [-0.2, -0.15) is 0 Å². The molecule has 0 amide bonds. The molecular weight excluding hydrogens is 334 g/mol. The molecule has 26 heavy (non-hydrogen) atoms. The Morgan fingerprint density at radius 3 is 2.19 bits per heavy atom. The van der Waals surface area contributed by atoms with Crippen LogP contribution in [0.1, 0.15) is 39.5 Å². The summed E-state index contributed by atoms with van der Waals surface area (Å²) in [6.45, 7) is 7.95. The first kappa shape index (κ1) is 17.1. The predicted molar refractivity (Wildman–Crippen MR) is 99.7 cm³/mol. The van der Waals surface area contributed by atoms with Crippen LogP contribution in [0.4, 0.5) is 17.1 Å². The van der Waals surface area contributed by atoms with Crippen molar-refractivity contribution in [2.45, 2.75) is 39.5 Å². The third-order valence-electron chi connectivity index (χ3n) is 5.65. The van der Waals surface area contributed by atoms with Gasteiger partial charge in [0.15, 0.2) is 5.52 Å². The van der Waals surface area contributed by atoms with Gasteiger partial charge in [-0.15, -0.1) is 0 Å². The van der Waals surface area contributed by atoms with Crippen molar-refractivity contribution in [3.63, 3.8) is 0 Å². The van der Waals surface area contributed by atoms with Gasteiger partial charge in [-0.25, -0.2) is 4.63 Å². The van der Waals surface area contributed by atoms with E-state index in [1.807, 2.05) is 6.07 Å². The van der Waals surface area contributed by atoms with Crippen molar-refractivity contribution < 1.29 is 9.55 Å². The third kappa shape index (κ3) is 2.97. The molecule has 0 aliphatic carbocycles. The molecule has 2 saturated heterocycles. The number of nitro groups is 1. The van der Waals surface area contributed by atoms with Crippen LogP contribution in [-0.2, 0) is 0 Å². The Hall–Kier alpha value is -2.38. The number of hydrogen-bond acceptors (Lipinski definition) is 7. The minimum absolute atomic E-state index is 0.0177. The molecule has 8 nitrogen and oxygen atoms in total. The van der Waals surface area contributed by atoms with Crippen molar-refractivity contribution >= 4 is 28.1 Å². The highest BCUT2D eigenvalue weighted by Crippen LogP contribution is 2.42. The molecule has 4 rings (SSSR count). The summed E-state index contributed by atoms with van der Waals surface area (Å²) in [7, 11) is 0. The minimum atomic E-state index is -0.344. The van der Waals surface area contributed by atoms with Gasteiger partial charge >= 0.3 is 5.69 Å². The lowest BCUT2D eigenvalue weighted by Gasteiger charge is -2.35. The van der Waals surface area contributed by atoms with Crippen LogP contribution in [0.25, 0.3) is 11.0 Å². The van der Waals surface area contributed by atoms with Crippen molar-refractivity contribution in [3.05, 3.63) is 16.2 Å². The van der Waals surface area contributed by atoms with E-state index < -0.39 is 0 Å². The fourth-order valence-electron chi connectivity index (χ4n) is 4.38. The second kappa shape index (κ2) is 6.74. The number of nitrogens with zero attached hydrogens (tertiary/aromatic N) is 5. The normalized spacial score (nSPS) is 24.2. The van der Waals surface area contributed by atoms with E-state index in [0.717, 1.165) is 51.1 Å². The standard InChI is InChI=1S/C18H25N5O3/c1-12-5-3-7-21(10-12)14-9-15(22-8-4-6-13(2)11-22)18(23(24)25)17-16(14)19-26-20-17/h9,12-13H,3-8,10-11H2,1-2H3. The van der Waals surface area contributed by atoms with E-state index in [1.165, 1.54) is 6.42 Å². The molecule has 2 unspecified atom stereocenters. The van der Waals surface area contributed by atoms with Crippen LogP contribution in [0.5, 0.6) is 0 Å². The zero-order valence-corrected chi connectivity index (χ0v) is 15.3. The number of aromatic nitrogens is 2. The maximum atomic E-state index is 11.9. The monoisotopic (exact) mass is 359 g/mol. The molecule has 1 aromatic heterocycles. The number of anilines is 2. The summed E-state index contributed by atoms with van der Waals surface area (Å²) in [5.41, 5.74) is 2.34. The van der Waals surface area contributed by atoms with Crippen molar-refractivity contribution in [1.82, 2.24) is 10.3 Å². The van der Waals surface area contributed by atoms with E-state index in [-0.39, 0.29) is 16.1 Å². The molecule has 1 aromatic carbocycles. The number of nitro benzene ring substituents is 1. The van der Waals surface area contributed by atoms with Gasteiger partial charge in [0, 0.05) is 26.2 Å². The highest BCUT2D eigenvalue weighted by Gasteiger charge is 2.32. The smallest absolute Gasteiger partial charge is 0.323 e. The van der Waals surface area contributed by atoms with Gasteiger partial charge in [-0.3, -0.25) is 10.1 Å². The summed E-state index contributed by atoms with van der Waals surface area (Å²) < 4.78 is 4.93. The van der Waals surface area contributed by atoms with Crippen LogP contribution < -0.4 is 9.80 Å². The summed E-state index contributed by atoms with van der Waals surface area (Å²) in [6, 6.07) is 1.95. The van der Waals surface area contributed by atoms with Crippen molar-refractivity contribution in [1.29, 1.82) is 0 Å². The molecule has 2 fully saturated rings. The number of hydrogen-bond donors (Lipinski definition) is 0. The highest BCUT2D eigenvalue weighted by molar-refractivity contribution is 6.00. The van der Waals surface area contributed by atoms with Gasteiger partial charge in [0.25, 0.3) is 0 Å². The Balaban J connectivity index is 1.86. The van der Waals surface area contributed by atoms with Crippen LogP contribution >= 0.6 is 0 Å². The lowest BCUT2D eigenvalue weighted by molar-refractivity contribution is -0.382. The molecule has 3 heterocycles. The Morgan fingerprint density at radius 2 is 1.62 bits per heavy atom. The maximum absolute atomic E-state index is 11.9. The molecule has 140 valence electrons. The van der Waals surface area contributed by atoms with E-state index >= 15 is 0 Å². The van der Waals surface area contributed by atoms with E-state index in [9.17, 15) is 10.1 Å². The molecule has 0 N–H and O–H groups in total. The Labute approximate surface area is 152 Å². The highest BCUT2D eigenvalue weighted by atomic mass is 16.6. The summed E-state index contributed by atoms with van der Waals surface area (Å²) in [5, 5.41) is 19.8. The first-order valence-electron chi connectivity index (χ1n) is 9.48. The van der Waals surface area contributed by atoms with Crippen LogP contribution in [0.3, 0.4) is 0 Å². The molecule has 8 heteroatoms. The van der Waals surface area contributed by atoms with Gasteiger partial charge in [0.05, 0.1) is 10.6 Å². The number of rotatable bonds is 3. The summed E-state index contributed by atoms with van der Waals surface area (Å²) in [4.78, 5) is 15.9. The third-order valence-corrected chi connectivity index (χ3v) is 5.65. The molecule has 0 bridgehead atoms. The lowest BCUT2D eigenvalue weighted by atomic mass is 9.98. The zero-order valence-electron chi connectivity index (χ0n) is 15.3. The Bertz CT molecular complexity index is 821. The van der Waals surface area contributed by atoms with Crippen LogP contribution in [0.15, 0.2) is 10.7 Å². The molecule has 2 aromatic rings. The quantitative estimate of drug-likeness (QED) is 0.611. The van der Waals surface area contributed by atoms with Crippen molar-refractivity contribution in [3.8, 4) is 0 Å². The van der Waals surface area contributed by atoms with Gasteiger partial charge < -0.3 is 9.80 Å². The van der Waals surface area contributed by atoms with Gasteiger partial charge in [-0.05, 0) is 53.9 Å². The number of fused-ring (bicyclic) bond motifs is 1. The molecule has 0 saturated carbocycles. The average molecular weight is 359 g/mol. The van der Waals surface area contributed by atoms with Crippen LogP contribution in [0.2, 0.25) is 0 Å². The zero-order chi connectivity index (χ0) is 18.3. The molecule has 2 aliphatic heterocycles. The second-order valence-corrected chi connectivity index (χ2v) is 7.87.